The molecule has 0 aliphatic rings. The van der Waals surface area contributed by atoms with Crippen molar-refractivity contribution in [3.05, 3.63) is 24.7 Å². The van der Waals surface area contributed by atoms with E-state index in [2.05, 4.69) is 9.41 Å². The Morgan fingerprint density at radius 1 is 1.44 bits per heavy atom. The molecule has 0 amide bonds. The summed E-state index contributed by atoms with van der Waals surface area (Å²) in [5, 5.41) is 0. The molecule has 1 rings (SSSR count). The number of carbonyl (C=O) groups excluding carboxylic acids is 1. The number of furan rings is 1. The second-order valence-corrected chi connectivity index (χ2v) is 1.11. The van der Waals surface area contributed by atoms with Gasteiger partial charge in [0.25, 0.3) is 0 Å². The molecule has 0 unspecified atom stereocenters. The van der Waals surface area contributed by atoms with Gasteiger partial charge in [0.2, 0.25) is 6.08 Å². The van der Waals surface area contributed by atoms with Crippen molar-refractivity contribution in [1.82, 2.24) is 0 Å². The molecule has 0 spiro atoms. The third-order valence-electron chi connectivity index (χ3n) is 0.517. The first kappa shape index (κ1) is 7.66. The molecule has 3 nitrogen and oxygen atoms in total. The van der Waals surface area contributed by atoms with Crippen LogP contribution in [-0.4, -0.2) is 13.1 Å². The van der Waals surface area contributed by atoms with Crippen LogP contribution in [0.25, 0.3) is 0 Å². The topological polar surface area (TPSA) is 42.6 Å². The van der Waals surface area contributed by atoms with E-state index in [1.54, 1.807) is 12.5 Å². The summed E-state index contributed by atoms with van der Waals surface area (Å²) < 4.78 is 4.58. The molecule has 3 heteroatoms. The Hall–Kier alpha value is -1.34. The van der Waals surface area contributed by atoms with Crippen LogP contribution in [0.15, 0.2) is 34.1 Å². The lowest BCUT2D eigenvalue weighted by molar-refractivity contribution is 0.564. The number of isocyanates is 1. The maximum atomic E-state index is 8.88. The molecule has 1 aromatic rings. The van der Waals surface area contributed by atoms with Gasteiger partial charge in [-0.2, -0.15) is 0 Å². The summed E-state index contributed by atoms with van der Waals surface area (Å²) in [6.45, 7) is 0. The molecule has 0 N–H and O–H groups in total. The van der Waals surface area contributed by atoms with E-state index in [0.29, 0.717) is 0 Å². The molecule has 1 heterocycles. The van der Waals surface area contributed by atoms with Crippen LogP contribution in [0.2, 0.25) is 0 Å². The standard InChI is InChI=1S/C4H4O.C2H3NO/c1-2-4-5-3-1;1-3-2-4/h1-4H;1H3. The van der Waals surface area contributed by atoms with Crippen LogP contribution in [-0.2, 0) is 4.79 Å². The molecular weight excluding hydrogens is 118 g/mol. The highest BCUT2D eigenvalue weighted by Gasteiger charge is 1.58. The number of nitrogens with zero attached hydrogens (tertiary/aromatic N) is 1. The molecular formula is C6H7NO2. The molecule has 0 radical (unpaired) electrons. The first-order chi connectivity index (χ1) is 4.41. The zero-order valence-corrected chi connectivity index (χ0v) is 5.07. The van der Waals surface area contributed by atoms with Crippen molar-refractivity contribution in [2.75, 3.05) is 7.05 Å². The summed E-state index contributed by atoms with van der Waals surface area (Å²) in [7, 11) is 1.38. The van der Waals surface area contributed by atoms with Crippen LogP contribution in [0.1, 0.15) is 0 Å². The third-order valence-corrected chi connectivity index (χ3v) is 0.517. The molecule has 0 atom stereocenters. The van der Waals surface area contributed by atoms with Crippen molar-refractivity contribution in [2.24, 2.45) is 4.99 Å². The fourth-order valence-electron chi connectivity index (χ4n) is 0.227. The first-order valence-corrected chi connectivity index (χ1v) is 2.35. The predicted molar refractivity (Wildman–Crippen MR) is 32.8 cm³/mol. The lowest BCUT2D eigenvalue weighted by Crippen LogP contribution is -1.38. The second kappa shape index (κ2) is 6.66. The lowest BCUT2D eigenvalue weighted by atomic mass is 10.7. The molecule has 1 aromatic heterocycles. The van der Waals surface area contributed by atoms with Gasteiger partial charge in [-0.1, -0.05) is 0 Å². The van der Waals surface area contributed by atoms with E-state index in [1.165, 1.54) is 13.1 Å². The molecule has 0 saturated heterocycles. The summed E-state index contributed by atoms with van der Waals surface area (Å²) in [5.41, 5.74) is 0. The van der Waals surface area contributed by atoms with E-state index in [9.17, 15) is 0 Å². The largest absolute Gasteiger partial charge is 0.473 e. The summed E-state index contributed by atoms with van der Waals surface area (Å²) in [4.78, 5) is 11.8. The Bertz CT molecular complexity index is 146. The van der Waals surface area contributed by atoms with Gasteiger partial charge in [0.05, 0.1) is 12.5 Å². The second-order valence-electron chi connectivity index (χ2n) is 1.11. The Balaban J connectivity index is 0.000000148. The maximum absolute atomic E-state index is 8.88. The fraction of sp³-hybridized carbons (Fsp3) is 0.167. The van der Waals surface area contributed by atoms with Gasteiger partial charge in [0.15, 0.2) is 0 Å². The zero-order valence-electron chi connectivity index (χ0n) is 5.07. The molecule has 0 aromatic carbocycles. The Morgan fingerprint density at radius 3 is 2.00 bits per heavy atom. The van der Waals surface area contributed by atoms with Gasteiger partial charge in [-0.25, -0.2) is 9.79 Å². The van der Waals surface area contributed by atoms with Crippen molar-refractivity contribution in [3.8, 4) is 0 Å². The smallest absolute Gasteiger partial charge is 0.234 e. The Kier molecular flexibility index (Phi) is 5.67. The van der Waals surface area contributed by atoms with Gasteiger partial charge in [-0.05, 0) is 12.1 Å². The lowest BCUT2D eigenvalue weighted by Gasteiger charge is -1.50. The van der Waals surface area contributed by atoms with Gasteiger partial charge < -0.3 is 4.42 Å². The minimum Gasteiger partial charge on any atom is -0.473 e. The molecule has 0 aliphatic carbocycles. The highest BCUT2D eigenvalue weighted by atomic mass is 16.3. The minimum absolute atomic E-state index is 1.31. The van der Waals surface area contributed by atoms with Gasteiger partial charge in [-0.15, -0.1) is 0 Å². The van der Waals surface area contributed by atoms with Gasteiger partial charge in [0.1, 0.15) is 0 Å². The quantitative estimate of drug-likeness (QED) is 0.386. The molecule has 48 valence electrons. The Labute approximate surface area is 53.0 Å². The van der Waals surface area contributed by atoms with Crippen LogP contribution in [0, 0.1) is 0 Å². The molecule has 0 aliphatic heterocycles. The summed E-state index contributed by atoms with van der Waals surface area (Å²) in [5.74, 6) is 0. The van der Waals surface area contributed by atoms with Crippen LogP contribution >= 0.6 is 0 Å². The third kappa shape index (κ3) is 6.66. The van der Waals surface area contributed by atoms with E-state index in [4.69, 9.17) is 4.79 Å². The predicted octanol–water partition coefficient (Wildman–Crippen LogP) is 1.23. The number of rotatable bonds is 0. The molecule has 0 fully saturated rings. The fourth-order valence-corrected chi connectivity index (χ4v) is 0.227. The van der Waals surface area contributed by atoms with Crippen LogP contribution in [0.4, 0.5) is 0 Å². The number of hydrogen-bond acceptors (Lipinski definition) is 3. The van der Waals surface area contributed by atoms with Crippen LogP contribution < -0.4 is 0 Å². The average molecular weight is 125 g/mol. The SMILES string of the molecule is CN=C=O.c1ccoc1. The van der Waals surface area contributed by atoms with E-state index in [-0.39, 0.29) is 0 Å². The number of aliphatic imine (C=N–C) groups is 1. The van der Waals surface area contributed by atoms with Crippen molar-refractivity contribution in [2.45, 2.75) is 0 Å². The highest BCUT2D eigenvalue weighted by molar-refractivity contribution is 5.32. The normalized spacial score (nSPS) is 6.33. The maximum Gasteiger partial charge on any atom is 0.234 e. The minimum atomic E-state index is 1.31. The van der Waals surface area contributed by atoms with Gasteiger partial charge in [0, 0.05) is 7.05 Å². The molecule has 9 heavy (non-hydrogen) atoms. The van der Waals surface area contributed by atoms with E-state index in [0.717, 1.165) is 0 Å². The van der Waals surface area contributed by atoms with E-state index in [1.807, 2.05) is 12.1 Å². The summed E-state index contributed by atoms with van der Waals surface area (Å²) >= 11 is 0. The van der Waals surface area contributed by atoms with Crippen LogP contribution in [0.3, 0.4) is 0 Å². The summed E-state index contributed by atoms with van der Waals surface area (Å²) in [6, 6.07) is 3.67. The van der Waals surface area contributed by atoms with Crippen molar-refractivity contribution < 1.29 is 9.21 Å². The Morgan fingerprint density at radius 2 is 1.89 bits per heavy atom. The molecule has 0 saturated carbocycles. The van der Waals surface area contributed by atoms with Crippen molar-refractivity contribution >= 4 is 6.08 Å². The molecule has 0 bridgehead atoms. The van der Waals surface area contributed by atoms with Crippen molar-refractivity contribution in [3.63, 3.8) is 0 Å². The highest BCUT2D eigenvalue weighted by Crippen LogP contribution is 1.79. The van der Waals surface area contributed by atoms with E-state index >= 15 is 0 Å². The van der Waals surface area contributed by atoms with Crippen molar-refractivity contribution in [1.29, 1.82) is 0 Å². The van der Waals surface area contributed by atoms with Crippen LogP contribution in [0.5, 0.6) is 0 Å². The van der Waals surface area contributed by atoms with Gasteiger partial charge in [-0.3, -0.25) is 0 Å². The summed E-state index contributed by atoms with van der Waals surface area (Å²) in [6.07, 6.45) is 4.56. The van der Waals surface area contributed by atoms with Gasteiger partial charge >= 0.3 is 0 Å². The van der Waals surface area contributed by atoms with E-state index < -0.39 is 0 Å². The zero-order chi connectivity index (χ0) is 6.95. The monoisotopic (exact) mass is 125 g/mol. The number of hydrogen-bond donors (Lipinski definition) is 0. The first-order valence-electron chi connectivity index (χ1n) is 2.35. The average Bonchev–Trinajstić information content (AvgIpc) is 2.43.